The predicted octanol–water partition coefficient (Wildman–Crippen LogP) is 7.39. The van der Waals surface area contributed by atoms with Crippen LogP contribution in [-0.2, 0) is 4.79 Å². The molecule has 0 spiro atoms. The fourth-order valence-electron chi connectivity index (χ4n) is 6.02. The number of para-hydroxylation sites is 4. The van der Waals surface area contributed by atoms with Gasteiger partial charge in [-0.25, -0.2) is 0 Å². The number of rotatable bonds is 6. The van der Waals surface area contributed by atoms with Gasteiger partial charge in [-0.1, -0.05) is 78.6 Å². The standard InChI is InChI=1S/C40H28N2O6/c43-31-21-29(41(25-13-5-1-6-14-25)26-15-7-2-8-16-26)22-32(44)35(31)37-39(47)38(40(37)48)36-33(45)23-30(24-34(36)46)42(27-17-9-3-10-18-27)28-19-11-4-12-20-28/h1-24H,(H4,43,44,45,46,47,48). The Morgan fingerprint density at radius 3 is 1.35 bits per heavy atom. The van der Waals surface area contributed by atoms with E-state index >= 15 is 0 Å². The van der Waals surface area contributed by atoms with Gasteiger partial charge in [0.1, 0.15) is 23.0 Å². The molecule has 5 aromatic rings. The summed E-state index contributed by atoms with van der Waals surface area (Å²) < 4.78 is 1.81. The molecule has 0 fully saturated rings. The molecule has 2 aliphatic rings. The molecule has 4 N–H and O–H groups in total. The van der Waals surface area contributed by atoms with E-state index in [9.17, 15) is 30.3 Å². The third-order valence-electron chi connectivity index (χ3n) is 8.15. The van der Waals surface area contributed by atoms with Crippen LogP contribution in [0.25, 0.3) is 5.57 Å². The largest absolute Gasteiger partial charge is 0.871 e. The van der Waals surface area contributed by atoms with E-state index < -0.39 is 45.7 Å². The van der Waals surface area contributed by atoms with Crippen LogP contribution in [0.5, 0.6) is 11.5 Å². The fraction of sp³-hybridized carbons (Fsp3) is 0. The Kier molecular flexibility index (Phi) is 7.59. The zero-order valence-corrected chi connectivity index (χ0v) is 25.4. The normalized spacial score (nSPS) is 14.3. The molecule has 0 aliphatic heterocycles. The van der Waals surface area contributed by atoms with Crippen molar-refractivity contribution in [1.82, 2.24) is 4.58 Å². The highest BCUT2D eigenvalue weighted by atomic mass is 16.3. The number of aliphatic hydroxyl groups is 2. The summed E-state index contributed by atoms with van der Waals surface area (Å²) in [6.07, 6.45) is 2.73. The van der Waals surface area contributed by atoms with Crippen LogP contribution in [-0.4, -0.2) is 31.9 Å². The van der Waals surface area contributed by atoms with E-state index in [2.05, 4.69) is 0 Å². The second-order valence-electron chi connectivity index (χ2n) is 11.1. The summed E-state index contributed by atoms with van der Waals surface area (Å²) >= 11 is 0. The van der Waals surface area contributed by atoms with Crippen molar-refractivity contribution < 1.29 is 30.3 Å². The number of Topliss-reactive ketones (excluding diaryl/α,β-unsaturated/α-hetero) is 1. The predicted molar refractivity (Wildman–Crippen MR) is 184 cm³/mol. The Morgan fingerprint density at radius 2 is 0.938 bits per heavy atom. The van der Waals surface area contributed by atoms with Gasteiger partial charge in [-0.15, -0.1) is 0 Å². The number of aromatic hydroxyl groups is 2. The summed E-state index contributed by atoms with van der Waals surface area (Å²) in [7, 11) is 0. The van der Waals surface area contributed by atoms with Gasteiger partial charge in [0.15, 0.2) is 5.78 Å². The molecule has 0 saturated heterocycles. The van der Waals surface area contributed by atoms with E-state index in [1.54, 1.807) is 0 Å². The van der Waals surface area contributed by atoms with Gasteiger partial charge in [-0.05, 0) is 24.3 Å². The minimum atomic E-state index is -0.831. The van der Waals surface area contributed by atoms with Gasteiger partial charge in [0.05, 0.1) is 29.0 Å². The number of ketones is 1. The number of benzene rings is 5. The summed E-state index contributed by atoms with van der Waals surface area (Å²) in [5.74, 6) is -3.60. The van der Waals surface area contributed by atoms with Crippen molar-refractivity contribution >= 4 is 45.5 Å². The van der Waals surface area contributed by atoms with Gasteiger partial charge < -0.3 is 30.4 Å². The molecule has 0 radical (unpaired) electrons. The Labute approximate surface area is 276 Å². The molecule has 5 aromatic carbocycles. The van der Waals surface area contributed by atoms with Gasteiger partial charge in [0.25, 0.3) is 0 Å². The Balaban J connectivity index is 1.30. The van der Waals surface area contributed by atoms with Crippen molar-refractivity contribution in [1.29, 1.82) is 0 Å². The van der Waals surface area contributed by atoms with E-state index in [1.807, 2.05) is 131 Å². The second-order valence-corrected chi connectivity index (χ2v) is 11.1. The summed E-state index contributed by atoms with van der Waals surface area (Å²) in [6, 6.07) is 40.0. The molecule has 0 bridgehead atoms. The lowest BCUT2D eigenvalue weighted by molar-refractivity contribution is -0.297. The zero-order valence-electron chi connectivity index (χ0n) is 25.4. The molecule has 48 heavy (non-hydrogen) atoms. The number of aliphatic hydroxyl groups excluding tert-OH is 2. The molecule has 0 amide bonds. The van der Waals surface area contributed by atoms with E-state index in [1.165, 1.54) is 24.3 Å². The van der Waals surface area contributed by atoms with Gasteiger partial charge in [0, 0.05) is 58.9 Å². The number of hydrogen-bond acceptors (Lipinski definition) is 7. The molecule has 0 atom stereocenters. The average Bonchev–Trinajstić information content (AvgIpc) is 3.10. The molecule has 8 nitrogen and oxygen atoms in total. The van der Waals surface area contributed by atoms with Crippen LogP contribution in [0.1, 0.15) is 5.56 Å². The number of carbonyl (C=O) groups is 1. The lowest BCUT2D eigenvalue weighted by Gasteiger charge is -2.34. The highest BCUT2D eigenvalue weighted by Crippen LogP contribution is 2.48. The average molecular weight is 633 g/mol. The first kappa shape index (κ1) is 29.9. The number of carbonyl (C=O) groups excluding carboxylic acids is 1. The van der Waals surface area contributed by atoms with Crippen LogP contribution < -0.4 is 14.6 Å². The van der Waals surface area contributed by atoms with Gasteiger partial charge >= 0.3 is 0 Å². The topological polar surface area (TPSA) is 127 Å². The molecule has 7 rings (SSSR count). The lowest BCUT2D eigenvalue weighted by atomic mass is 9.78. The van der Waals surface area contributed by atoms with E-state index in [-0.39, 0.29) is 11.1 Å². The van der Waals surface area contributed by atoms with E-state index in [0.717, 1.165) is 22.7 Å². The SMILES string of the molecule is O=C1C(=C2C(O)=CC(=[N+](c3ccccc3)c3ccccc3)C=C2O)C([O-])=C1c1c(O)cc(N(c2ccccc2)c2ccccc2)cc1O. The van der Waals surface area contributed by atoms with Crippen LogP contribution in [0.3, 0.4) is 0 Å². The van der Waals surface area contributed by atoms with Crippen molar-refractivity contribution in [2.75, 3.05) is 4.90 Å². The quantitative estimate of drug-likeness (QED) is 0.114. The molecule has 2 aliphatic carbocycles. The van der Waals surface area contributed by atoms with Gasteiger partial charge in [-0.3, -0.25) is 4.79 Å². The third-order valence-corrected chi connectivity index (χ3v) is 8.15. The maximum absolute atomic E-state index is 13.5. The lowest BCUT2D eigenvalue weighted by Crippen LogP contribution is -2.32. The van der Waals surface area contributed by atoms with Crippen LogP contribution >= 0.6 is 0 Å². The first-order valence-electron chi connectivity index (χ1n) is 15.1. The van der Waals surface area contributed by atoms with E-state index in [4.69, 9.17) is 0 Å². The first-order valence-corrected chi connectivity index (χ1v) is 15.1. The third kappa shape index (κ3) is 5.17. The van der Waals surface area contributed by atoms with Crippen molar-refractivity contribution in [3.05, 3.63) is 180 Å². The number of phenolic OH excluding ortho intramolecular Hbond substituents is 2. The van der Waals surface area contributed by atoms with Crippen molar-refractivity contribution in [3.63, 3.8) is 0 Å². The minimum absolute atomic E-state index is 0.325. The van der Waals surface area contributed by atoms with Crippen molar-refractivity contribution in [3.8, 4) is 11.5 Å². The zero-order chi connectivity index (χ0) is 33.4. The number of hydrogen-bond donors (Lipinski definition) is 4. The number of nitrogens with zero attached hydrogens (tertiary/aromatic N) is 2. The molecule has 0 aromatic heterocycles. The molecule has 0 heterocycles. The number of anilines is 3. The molecule has 0 unspecified atom stereocenters. The van der Waals surface area contributed by atoms with Crippen molar-refractivity contribution in [2.24, 2.45) is 0 Å². The van der Waals surface area contributed by atoms with Gasteiger partial charge in [0.2, 0.25) is 17.1 Å². The molecular formula is C40H28N2O6. The van der Waals surface area contributed by atoms with Crippen molar-refractivity contribution in [2.45, 2.75) is 0 Å². The van der Waals surface area contributed by atoms with Crippen LogP contribution in [0.4, 0.5) is 28.4 Å². The Morgan fingerprint density at radius 1 is 0.521 bits per heavy atom. The molecule has 8 heteroatoms. The minimum Gasteiger partial charge on any atom is -0.871 e. The summed E-state index contributed by atoms with van der Waals surface area (Å²) in [6.45, 7) is 0. The van der Waals surface area contributed by atoms with Crippen LogP contribution in [0, 0.1) is 0 Å². The fourth-order valence-corrected chi connectivity index (χ4v) is 6.02. The summed E-state index contributed by atoms with van der Waals surface area (Å²) in [5.41, 5.74) is 2.24. The highest BCUT2D eigenvalue weighted by Gasteiger charge is 2.38. The van der Waals surface area contributed by atoms with Gasteiger partial charge in [-0.2, -0.15) is 4.58 Å². The Bertz CT molecular complexity index is 2090. The second kappa shape index (κ2) is 12.2. The maximum atomic E-state index is 13.5. The van der Waals surface area contributed by atoms with E-state index in [0.29, 0.717) is 11.4 Å². The number of allylic oxidation sites excluding steroid dienone is 4. The van der Waals surface area contributed by atoms with Crippen LogP contribution in [0.15, 0.2) is 174 Å². The monoisotopic (exact) mass is 632 g/mol. The molecule has 0 saturated carbocycles. The highest BCUT2D eigenvalue weighted by molar-refractivity contribution is 6.40. The summed E-state index contributed by atoms with van der Waals surface area (Å²) in [5, 5.41) is 58.1. The number of phenols is 2. The maximum Gasteiger partial charge on any atom is 0.219 e. The summed E-state index contributed by atoms with van der Waals surface area (Å²) in [4.78, 5) is 15.4. The first-order chi connectivity index (χ1) is 23.3. The smallest absolute Gasteiger partial charge is 0.219 e. The molecular weight excluding hydrogens is 604 g/mol. The Hall–Kier alpha value is -6.80. The molecule has 234 valence electrons. The van der Waals surface area contributed by atoms with Crippen LogP contribution in [0.2, 0.25) is 0 Å².